The molecule has 0 radical (unpaired) electrons. The zero-order valence-corrected chi connectivity index (χ0v) is 13.7. The number of halogens is 1. The summed E-state index contributed by atoms with van der Waals surface area (Å²) in [6.45, 7) is 0.344. The minimum absolute atomic E-state index is 0.0500. The second kappa shape index (κ2) is 7.23. The van der Waals surface area contributed by atoms with Gasteiger partial charge < -0.3 is 13.7 Å². The Labute approximate surface area is 147 Å². The van der Waals surface area contributed by atoms with Crippen LogP contribution in [0.5, 0.6) is 0 Å². The Morgan fingerprint density at radius 3 is 2.16 bits per heavy atom. The third-order valence-corrected chi connectivity index (χ3v) is 3.86. The van der Waals surface area contributed by atoms with Crippen molar-refractivity contribution < 1.29 is 18.6 Å². The molecule has 0 fully saturated rings. The summed E-state index contributed by atoms with van der Waals surface area (Å²) in [5.41, 5.74) is -0.155. The van der Waals surface area contributed by atoms with Crippen LogP contribution in [0.1, 0.15) is 21.9 Å². The molecule has 0 aliphatic carbocycles. The van der Waals surface area contributed by atoms with E-state index in [0.29, 0.717) is 11.5 Å². The lowest BCUT2D eigenvalue weighted by molar-refractivity contribution is -0.384. The molecule has 25 heavy (non-hydrogen) atoms. The molecule has 0 unspecified atom stereocenters. The fourth-order valence-electron chi connectivity index (χ4n) is 2.34. The number of rotatable bonds is 6. The fourth-order valence-corrected chi connectivity index (χ4v) is 2.54. The van der Waals surface area contributed by atoms with Gasteiger partial charge in [-0.1, -0.05) is 11.6 Å². The normalized spacial score (nSPS) is 10.6. The molecular formula is C17H13ClN2O5. The van der Waals surface area contributed by atoms with Crippen molar-refractivity contribution >= 4 is 23.2 Å². The quantitative estimate of drug-likeness (QED) is 0.483. The van der Waals surface area contributed by atoms with Crippen LogP contribution in [0.4, 0.5) is 5.69 Å². The Morgan fingerprint density at radius 1 is 1.08 bits per heavy atom. The van der Waals surface area contributed by atoms with Crippen LogP contribution in [-0.2, 0) is 13.1 Å². The van der Waals surface area contributed by atoms with Gasteiger partial charge >= 0.3 is 0 Å². The smallest absolute Gasteiger partial charge is 0.270 e. The van der Waals surface area contributed by atoms with Gasteiger partial charge in [0.2, 0.25) is 0 Å². The average molecular weight is 361 g/mol. The highest BCUT2D eigenvalue weighted by molar-refractivity contribution is 6.33. The molecule has 0 N–H and O–H groups in total. The van der Waals surface area contributed by atoms with E-state index in [1.54, 1.807) is 24.3 Å². The van der Waals surface area contributed by atoms with E-state index >= 15 is 0 Å². The van der Waals surface area contributed by atoms with Gasteiger partial charge in [-0.3, -0.25) is 14.9 Å². The predicted octanol–water partition coefficient (Wildman–Crippen LogP) is 4.28. The first-order valence-corrected chi connectivity index (χ1v) is 7.70. The SMILES string of the molecule is O=C(c1cc([N+](=O)[O-])ccc1Cl)N(Cc1ccco1)Cc1ccco1. The van der Waals surface area contributed by atoms with E-state index in [-0.39, 0.29) is 29.4 Å². The number of hydrogen-bond acceptors (Lipinski definition) is 5. The number of carbonyl (C=O) groups is 1. The molecule has 3 aromatic rings. The van der Waals surface area contributed by atoms with Gasteiger partial charge in [-0.2, -0.15) is 0 Å². The molecule has 0 atom stereocenters. The third-order valence-electron chi connectivity index (χ3n) is 3.53. The largest absolute Gasteiger partial charge is 0.467 e. The Hall–Kier alpha value is -3.06. The minimum atomic E-state index is -0.573. The van der Waals surface area contributed by atoms with Crippen molar-refractivity contribution in [2.75, 3.05) is 0 Å². The molecule has 0 saturated carbocycles. The number of non-ortho nitro benzene ring substituents is 1. The van der Waals surface area contributed by atoms with Crippen LogP contribution in [0.25, 0.3) is 0 Å². The van der Waals surface area contributed by atoms with Gasteiger partial charge in [0.15, 0.2) is 0 Å². The first kappa shape index (κ1) is 16.8. The Bertz CT molecular complexity index is 838. The van der Waals surface area contributed by atoms with Gasteiger partial charge in [0.25, 0.3) is 11.6 Å². The zero-order valence-electron chi connectivity index (χ0n) is 12.9. The van der Waals surface area contributed by atoms with E-state index in [0.717, 1.165) is 0 Å². The monoisotopic (exact) mass is 360 g/mol. The average Bonchev–Trinajstić information content (AvgIpc) is 3.27. The zero-order chi connectivity index (χ0) is 17.8. The summed E-state index contributed by atoms with van der Waals surface area (Å²) in [7, 11) is 0. The summed E-state index contributed by atoms with van der Waals surface area (Å²) in [4.78, 5) is 24.8. The highest BCUT2D eigenvalue weighted by Gasteiger charge is 2.23. The molecule has 0 aliphatic heterocycles. The van der Waals surface area contributed by atoms with Gasteiger partial charge in [0, 0.05) is 12.1 Å². The van der Waals surface area contributed by atoms with Gasteiger partial charge in [0.1, 0.15) is 11.5 Å². The number of furan rings is 2. The minimum Gasteiger partial charge on any atom is -0.467 e. The molecule has 1 amide bonds. The second-order valence-electron chi connectivity index (χ2n) is 5.24. The molecule has 0 bridgehead atoms. The van der Waals surface area contributed by atoms with Crippen LogP contribution in [0.15, 0.2) is 63.8 Å². The van der Waals surface area contributed by atoms with Crippen LogP contribution in [-0.4, -0.2) is 15.7 Å². The van der Waals surface area contributed by atoms with E-state index in [9.17, 15) is 14.9 Å². The lowest BCUT2D eigenvalue weighted by Crippen LogP contribution is -2.30. The summed E-state index contributed by atoms with van der Waals surface area (Å²) in [6.07, 6.45) is 3.01. The first-order valence-electron chi connectivity index (χ1n) is 7.32. The summed E-state index contributed by atoms with van der Waals surface area (Å²) in [5, 5.41) is 11.1. The molecule has 8 heteroatoms. The Balaban J connectivity index is 1.93. The van der Waals surface area contributed by atoms with Gasteiger partial charge in [-0.25, -0.2) is 0 Å². The molecule has 0 spiro atoms. The molecule has 128 valence electrons. The summed E-state index contributed by atoms with van der Waals surface area (Å²) >= 11 is 6.09. The molecule has 2 heterocycles. The maximum absolute atomic E-state index is 12.9. The van der Waals surface area contributed by atoms with Crippen molar-refractivity contribution in [2.45, 2.75) is 13.1 Å². The lowest BCUT2D eigenvalue weighted by Gasteiger charge is -2.21. The van der Waals surface area contributed by atoms with Crippen molar-refractivity contribution in [2.24, 2.45) is 0 Å². The maximum Gasteiger partial charge on any atom is 0.270 e. The van der Waals surface area contributed by atoms with E-state index in [2.05, 4.69) is 0 Å². The van der Waals surface area contributed by atoms with Gasteiger partial charge in [0.05, 0.1) is 41.1 Å². The van der Waals surface area contributed by atoms with E-state index < -0.39 is 10.8 Å². The van der Waals surface area contributed by atoms with Crippen LogP contribution in [0.2, 0.25) is 5.02 Å². The molecule has 0 aliphatic rings. The molecule has 0 saturated heterocycles. The van der Waals surface area contributed by atoms with Crippen LogP contribution in [0.3, 0.4) is 0 Å². The predicted molar refractivity (Wildman–Crippen MR) is 89.1 cm³/mol. The highest BCUT2D eigenvalue weighted by atomic mass is 35.5. The summed E-state index contributed by atoms with van der Waals surface area (Å²) in [6, 6.07) is 10.7. The van der Waals surface area contributed by atoms with Crippen LogP contribution >= 0.6 is 11.6 Å². The first-order chi connectivity index (χ1) is 12.0. The van der Waals surface area contributed by atoms with Crippen molar-refractivity contribution in [3.63, 3.8) is 0 Å². The number of hydrogen-bond donors (Lipinski definition) is 0. The number of nitro groups is 1. The topological polar surface area (TPSA) is 89.7 Å². The van der Waals surface area contributed by atoms with Crippen molar-refractivity contribution in [3.05, 3.63) is 87.2 Å². The highest BCUT2D eigenvalue weighted by Crippen LogP contribution is 2.25. The summed E-state index contributed by atoms with van der Waals surface area (Å²) < 4.78 is 10.6. The molecule has 3 rings (SSSR count). The Kier molecular flexibility index (Phi) is 4.85. The molecule has 7 nitrogen and oxygen atoms in total. The van der Waals surface area contributed by atoms with E-state index in [1.165, 1.54) is 35.6 Å². The molecule has 2 aromatic heterocycles. The molecule has 1 aromatic carbocycles. The van der Waals surface area contributed by atoms with Crippen molar-refractivity contribution in [1.29, 1.82) is 0 Å². The lowest BCUT2D eigenvalue weighted by atomic mass is 10.1. The van der Waals surface area contributed by atoms with Crippen molar-refractivity contribution in [3.8, 4) is 0 Å². The summed E-state index contributed by atoms with van der Waals surface area (Å²) in [5.74, 6) is 0.685. The number of carbonyl (C=O) groups excluding carboxylic acids is 1. The van der Waals surface area contributed by atoms with Crippen LogP contribution in [0, 0.1) is 10.1 Å². The number of nitrogens with zero attached hydrogens (tertiary/aromatic N) is 2. The van der Waals surface area contributed by atoms with Crippen molar-refractivity contribution in [1.82, 2.24) is 4.90 Å². The van der Waals surface area contributed by atoms with Crippen LogP contribution < -0.4 is 0 Å². The fraction of sp³-hybridized carbons (Fsp3) is 0.118. The number of amides is 1. The second-order valence-corrected chi connectivity index (χ2v) is 5.65. The van der Waals surface area contributed by atoms with Gasteiger partial charge in [-0.05, 0) is 30.3 Å². The Morgan fingerprint density at radius 2 is 1.68 bits per heavy atom. The van der Waals surface area contributed by atoms with Gasteiger partial charge in [-0.15, -0.1) is 0 Å². The standard InChI is InChI=1S/C17H13ClN2O5/c18-16-6-5-12(20(22)23)9-15(16)17(21)19(10-13-3-1-7-24-13)11-14-4-2-8-25-14/h1-9H,10-11H2. The number of nitro benzene ring substituents is 1. The van der Waals surface area contributed by atoms with E-state index in [4.69, 9.17) is 20.4 Å². The third kappa shape index (κ3) is 3.89. The van der Waals surface area contributed by atoms with E-state index in [1.807, 2.05) is 0 Å². The maximum atomic E-state index is 12.9. The number of benzene rings is 1. The molecular weight excluding hydrogens is 348 g/mol.